The van der Waals surface area contributed by atoms with Crippen molar-refractivity contribution in [3.05, 3.63) is 42.7 Å². The van der Waals surface area contributed by atoms with Gasteiger partial charge in [0.15, 0.2) is 5.82 Å². The second-order valence-electron chi connectivity index (χ2n) is 6.60. The molecule has 26 heavy (non-hydrogen) atoms. The molecule has 0 spiro atoms. The fourth-order valence-electron chi connectivity index (χ4n) is 3.34. The molecule has 1 aromatic carbocycles. The summed E-state index contributed by atoms with van der Waals surface area (Å²) in [5.74, 6) is 2.24. The summed E-state index contributed by atoms with van der Waals surface area (Å²) in [4.78, 5) is 13.8. The van der Waals surface area contributed by atoms with E-state index in [2.05, 4.69) is 20.6 Å². The van der Waals surface area contributed by atoms with Crippen molar-refractivity contribution in [2.45, 2.75) is 12.8 Å². The summed E-state index contributed by atoms with van der Waals surface area (Å²) < 4.78 is 5.24. The molecule has 3 heterocycles. The molecule has 1 aliphatic rings. The molecule has 1 fully saturated rings. The van der Waals surface area contributed by atoms with E-state index < -0.39 is 0 Å². The highest BCUT2D eigenvalue weighted by molar-refractivity contribution is 5.88. The molecule has 6 heteroatoms. The SMILES string of the molecule is COc1ccc(-c2cc3nccnc3c(NC[C@H]3CCCNC3)n2)cc1. The van der Waals surface area contributed by atoms with Gasteiger partial charge >= 0.3 is 0 Å². The maximum Gasteiger partial charge on any atom is 0.154 e. The number of aromatic nitrogens is 3. The summed E-state index contributed by atoms with van der Waals surface area (Å²) in [6.07, 6.45) is 5.90. The summed E-state index contributed by atoms with van der Waals surface area (Å²) in [5, 5.41) is 6.97. The third kappa shape index (κ3) is 3.60. The zero-order valence-electron chi connectivity index (χ0n) is 14.9. The number of piperidine rings is 1. The summed E-state index contributed by atoms with van der Waals surface area (Å²) in [6, 6.07) is 9.89. The number of nitrogens with one attached hydrogen (secondary N) is 2. The van der Waals surface area contributed by atoms with Gasteiger partial charge in [-0.05, 0) is 62.2 Å². The molecule has 2 N–H and O–H groups in total. The fraction of sp³-hybridized carbons (Fsp3) is 0.350. The first-order chi connectivity index (χ1) is 12.8. The van der Waals surface area contributed by atoms with Gasteiger partial charge in [0, 0.05) is 24.5 Å². The first kappa shape index (κ1) is 16.7. The summed E-state index contributed by atoms with van der Waals surface area (Å²) in [6.45, 7) is 3.06. The highest BCUT2D eigenvalue weighted by Crippen LogP contribution is 2.27. The molecule has 6 nitrogen and oxygen atoms in total. The number of ether oxygens (including phenoxy) is 1. The van der Waals surface area contributed by atoms with Crippen molar-refractivity contribution in [3.63, 3.8) is 0 Å². The minimum Gasteiger partial charge on any atom is -0.497 e. The van der Waals surface area contributed by atoms with Crippen molar-refractivity contribution in [3.8, 4) is 17.0 Å². The summed E-state index contributed by atoms with van der Waals surface area (Å²) in [7, 11) is 1.67. The molecule has 0 saturated carbocycles. The molecule has 0 unspecified atom stereocenters. The van der Waals surface area contributed by atoms with Crippen LogP contribution in [-0.2, 0) is 0 Å². The van der Waals surface area contributed by atoms with Crippen LogP contribution in [0.5, 0.6) is 5.75 Å². The lowest BCUT2D eigenvalue weighted by Gasteiger charge is -2.23. The largest absolute Gasteiger partial charge is 0.497 e. The second kappa shape index (κ2) is 7.66. The van der Waals surface area contributed by atoms with Crippen LogP contribution in [0.15, 0.2) is 42.7 Å². The van der Waals surface area contributed by atoms with Gasteiger partial charge in [0.2, 0.25) is 0 Å². The predicted octanol–water partition coefficient (Wildman–Crippen LogP) is 3.11. The average Bonchev–Trinajstić information content (AvgIpc) is 2.72. The van der Waals surface area contributed by atoms with Crippen molar-refractivity contribution < 1.29 is 4.74 Å². The van der Waals surface area contributed by atoms with Crippen LogP contribution in [-0.4, -0.2) is 41.7 Å². The van der Waals surface area contributed by atoms with E-state index in [1.54, 1.807) is 19.5 Å². The molecule has 1 atom stereocenters. The molecule has 0 radical (unpaired) electrons. The smallest absolute Gasteiger partial charge is 0.154 e. The minimum absolute atomic E-state index is 0.613. The van der Waals surface area contributed by atoms with Gasteiger partial charge in [0.1, 0.15) is 11.3 Å². The number of hydrogen-bond donors (Lipinski definition) is 2. The van der Waals surface area contributed by atoms with Crippen molar-refractivity contribution in [2.24, 2.45) is 5.92 Å². The van der Waals surface area contributed by atoms with Gasteiger partial charge in [-0.2, -0.15) is 0 Å². The Morgan fingerprint density at radius 2 is 2.04 bits per heavy atom. The molecular weight excluding hydrogens is 326 g/mol. The van der Waals surface area contributed by atoms with Gasteiger partial charge < -0.3 is 15.4 Å². The first-order valence-electron chi connectivity index (χ1n) is 9.04. The number of anilines is 1. The Hall–Kier alpha value is -2.73. The lowest BCUT2D eigenvalue weighted by molar-refractivity contribution is 0.392. The van der Waals surface area contributed by atoms with Crippen LogP contribution in [0.25, 0.3) is 22.3 Å². The van der Waals surface area contributed by atoms with Crippen molar-refractivity contribution in [1.82, 2.24) is 20.3 Å². The highest BCUT2D eigenvalue weighted by Gasteiger charge is 2.15. The Kier molecular flexibility index (Phi) is 4.93. The van der Waals surface area contributed by atoms with Gasteiger partial charge in [0.05, 0.1) is 18.3 Å². The van der Waals surface area contributed by atoms with E-state index in [0.29, 0.717) is 5.92 Å². The van der Waals surface area contributed by atoms with E-state index in [0.717, 1.165) is 53.5 Å². The van der Waals surface area contributed by atoms with Gasteiger partial charge in [-0.25, -0.2) is 9.97 Å². The maximum absolute atomic E-state index is 5.24. The first-order valence-corrected chi connectivity index (χ1v) is 9.04. The highest BCUT2D eigenvalue weighted by atomic mass is 16.5. The lowest BCUT2D eigenvalue weighted by Crippen LogP contribution is -2.33. The monoisotopic (exact) mass is 349 g/mol. The molecule has 0 amide bonds. The standard InChI is InChI=1S/C20H23N5O/c1-26-16-6-4-15(5-7-16)17-11-18-19(23-10-9-22-18)20(25-17)24-13-14-3-2-8-21-12-14/h4-7,9-11,14,21H,2-3,8,12-13H2,1H3,(H,24,25)/t14-/m0/s1. The van der Waals surface area contributed by atoms with Crippen LogP contribution in [0.3, 0.4) is 0 Å². The predicted molar refractivity (Wildman–Crippen MR) is 103 cm³/mol. The maximum atomic E-state index is 5.24. The molecule has 2 aromatic heterocycles. The van der Waals surface area contributed by atoms with E-state index in [-0.39, 0.29) is 0 Å². The van der Waals surface area contributed by atoms with Crippen LogP contribution in [0.1, 0.15) is 12.8 Å². The normalized spacial score (nSPS) is 17.2. The average molecular weight is 349 g/mol. The van der Waals surface area contributed by atoms with Gasteiger partial charge in [-0.1, -0.05) is 0 Å². The minimum atomic E-state index is 0.613. The zero-order chi connectivity index (χ0) is 17.8. The third-order valence-corrected chi connectivity index (χ3v) is 4.80. The Balaban J connectivity index is 1.65. The number of rotatable bonds is 5. The van der Waals surface area contributed by atoms with Crippen molar-refractivity contribution >= 4 is 16.9 Å². The van der Waals surface area contributed by atoms with E-state index in [1.165, 1.54) is 12.8 Å². The topological polar surface area (TPSA) is 72.0 Å². The molecule has 1 saturated heterocycles. The number of pyridine rings is 1. The number of nitrogens with zero attached hydrogens (tertiary/aromatic N) is 3. The molecule has 0 bridgehead atoms. The van der Waals surface area contributed by atoms with E-state index in [1.807, 2.05) is 30.3 Å². The lowest BCUT2D eigenvalue weighted by atomic mass is 10.00. The number of benzene rings is 1. The Bertz CT molecular complexity index is 875. The van der Waals surface area contributed by atoms with Gasteiger partial charge in [-0.15, -0.1) is 0 Å². The van der Waals surface area contributed by atoms with E-state index >= 15 is 0 Å². The van der Waals surface area contributed by atoms with Crippen LogP contribution in [0, 0.1) is 5.92 Å². The summed E-state index contributed by atoms with van der Waals surface area (Å²) >= 11 is 0. The van der Waals surface area contributed by atoms with Crippen LogP contribution >= 0.6 is 0 Å². The van der Waals surface area contributed by atoms with Gasteiger partial charge in [0.25, 0.3) is 0 Å². The van der Waals surface area contributed by atoms with Crippen LogP contribution < -0.4 is 15.4 Å². The molecule has 1 aliphatic heterocycles. The molecule has 4 rings (SSSR count). The quantitative estimate of drug-likeness (QED) is 0.737. The molecule has 0 aliphatic carbocycles. The molecular formula is C20H23N5O. The van der Waals surface area contributed by atoms with E-state index in [4.69, 9.17) is 9.72 Å². The summed E-state index contributed by atoms with van der Waals surface area (Å²) in [5.41, 5.74) is 3.57. The Labute approximate surface area is 153 Å². The number of hydrogen-bond acceptors (Lipinski definition) is 6. The number of fused-ring (bicyclic) bond motifs is 1. The fourth-order valence-corrected chi connectivity index (χ4v) is 3.34. The van der Waals surface area contributed by atoms with Crippen molar-refractivity contribution in [1.29, 1.82) is 0 Å². The van der Waals surface area contributed by atoms with Crippen LogP contribution in [0.2, 0.25) is 0 Å². The number of methoxy groups -OCH3 is 1. The molecule has 134 valence electrons. The Morgan fingerprint density at radius 1 is 1.19 bits per heavy atom. The van der Waals surface area contributed by atoms with Gasteiger partial charge in [-0.3, -0.25) is 4.98 Å². The second-order valence-corrected chi connectivity index (χ2v) is 6.60. The Morgan fingerprint density at radius 3 is 2.81 bits per heavy atom. The third-order valence-electron chi connectivity index (χ3n) is 4.80. The molecule has 3 aromatic rings. The van der Waals surface area contributed by atoms with Crippen molar-refractivity contribution in [2.75, 3.05) is 32.1 Å². The zero-order valence-corrected chi connectivity index (χ0v) is 14.9. The van der Waals surface area contributed by atoms with Crippen LogP contribution in [0.4, 0.5) is 5.82 Å². The van der Waals surface area contributed by atoms with E-state index in [9.17, 15) is 0 Å².